The Morgan fingerprint density at radius 1 is 1.09 bits per heavy atom. The summed E-state index contributed by atoms with van der Waals surface area (Å²) in [5.41, 5.74) is 2.05. The molecule has 1 amide bonds. The maximum Gasteiger partial charge on any atom is 0.338 e. The highest BCUT2D eigenvalue weighted by molar-refractivity contribution is 6.10. The van der Waals surface area contributed by atoms with Crippen LogP contribution in [0.15, 0.2) is 67.0 Å². The number of carboxylic acids is 1. The van der Waals surface area contributed by atoms with E-state index >= 15 is 0 Å². The van der Waals surface area contributed by atoms with Crippen LogP contribution in [0.5, 0.6) is 0 Å². The average Bonchev–Trinajstić information content (AvgIpc) is 3.44. The number of aromatic carboxylic acids is 1. The summed E-state index contributed by atoms with van der Waals surface area (Å²) in [4.78, 5) is 35.3. The standard InChI is InChI=1S/C26H21FN4O3/c1-15(2)30-12-11-28-24(30)21-7-4-8-22(29-21)31-14-17-10-9-16(13-20(17)25(31)32)18-5-3-6-19(23(18)27)26(33)34/h3-13,15H,14H2,1-2H3,(H,33,34). The SMILES string of the molecule is CC(C)n1ccnc1-c1cccc(N2Cc3ccc(-c4cccc(C(=O)O)c4F)cc3C2=O)n1. The summed E-state index contributed by atoms with van der Waals surface area (Å²) in [6.45, 7) is 4.45. The van der Waals surface area contributed by atoms with Crippen LogP contribution in [-0.2, 0) is 6.54 Å². The molecule has 4 aromatic rings. The van der Waals surface area contributed by atoms with Gasteiger partial charge in [-0.25, -0.2) is 19.2 Å². The maximum atomic E-state index is 14.8. The van der Waals surface area contributed by atoms with Crippen LogP contribution in [0.2, 0.25) is 0 Å². The molecular weight excluding hydrogens is 435 g/mol. The van der Waals surface area contributed by atoms with E-state index in [4.69, 9.17) is 4.98 Å². The number of aromatic nitrogens is 3. The molecule has 7 nitrogen and oxygen atoms in total. The van der Waals surface area contributed by atoms with Gasteiger partial charge in [0.05, 0.1) is 12.1 Å². The predicted octanol–water partition coefficient (Wildman–Crippen LogP) is 5.19. The molecule has 1 aliphatic heterocycles. The fourth-order valence-corrected chi connectivity index (χ4v) is 4.20. The number of amides is 1. The summed E-state index contributed by atoms with van der Waals surface area (Å²) in [5, 5.41) is 9.22. The molecule has 0 atom stereocenters. The molecule has 0 bridgehead atoms. The topological polar surface area (TPSA) is 88.3 Å². The van der Waals surface area contributed by atoms with Crippen molar-refractivity contribution >= 4 is 17.7 Å². The Morgan fingerprint density at radius 3 is 2.65 bits per heavy atom. The number of nitrogens with zero attached hydrogens (tertiary/aromatic N) is 4. The van der Waals surface area contributed by atoms with Gasteiger partial charge >= 0.3 is 5.97 Å². The summed E-state index contributed by atoms with van der Waals surface area (Å²) >= 11 is 0. The number of carbonyl (C=O) groups is 2. The van der Waals surface area contributed by atoms with Crippen LogP contribution in [0.3, 0.4) is 0 Å². The number of imidazole rings is 1. The first-order valence-electron chi connectivity index (χ1n) is 10.8. The molecule has 0 aliphatic carbocycles. The zero-order valence-electron chi connectivity index (χ0n) is 18.6. The van der Waals surface area contributed by atoms with Gasteiger partial charge in [-0.3, -0.25) is 9.69 Å². The molecule has 8 heteroatoms. The van der Waals surface area contributed by atoms with Crippen LogP contribution in [0.4, 0.5) is 10.2 Å². The van der Waals surface area contributed by atoms with Crippen LogP contribution in [0.1, 0.15) is 46.2 Å². The Labute approximate surface area is 195 Å². The molecule has 34 heavy (non-hydrogen) atoms. The number of hydrogen-bond acceptors (Lipinski definition) is 4. The number of rotatable bonds is 5. The molecule has 0 spiro atoms. The van der Waals surface area contributed by atoms with Crippen molar-refractivity contribution in [2.24, 2.45) is 0 Å². The zero-order chi connectivity index (χ0) is 24.0. The number of carboxylic acid groups (broad SMARTS) is 1. The summed E-state index contributed by atoms with van der Waals surface area (Å²) < 4.78 is 16.8. The van der Waals surface area contributed by atoms with Gasteiger partial charge in [-0.05, 0) is 49.2 Å². The lowest BCUT2D eigenvalue weighted by Gasteiger charge is -2.16. The van der Waals surface area contributed by atoms with Gasteiger partial charge < -0.3 is 9.67 Å². The van der Waals surface area contributed by atoms with Gasteiger partial charge in [0, 0.05) is 29.6 Å². The second-order valence-electron chi connectivity index (χ2n) is 8.37. The first-order valence-corrected chi connectivity index (χ1v) is 10.8. The Morgan fingerprint density at radius 2 is 1.88 bits per heavy atom. The van der Waals surface area contributed by atoms with Crippen molar-refractivity contribution in [1.82, 2.24) is 14.5 Å². The van der Waals surface area contributed by atoms with E-state index in [9.17, 15) is 19.1 Å². The molecular formula is C26H21FN4O3. The molecule has 1 N–H and O–H groups in total. The molecule has 0 fully saturated rings. The molecule has 1 aliphatic rings. The van der Waals surface area contributed by atoms with Gasteiger partial charge in [-0.15, -0.1) is 0 Å². The van der Waals surface area contributed by atoms with Crippen molar-refractivity contribution < 1.29 is 19.1 Å². The lowest BCUT2D eigenvalue weighted by Crippen LogP contribution is -2.24. The van der Waals surface area contributed by atoms with Gasteiger partial charge in [-0.2, -0.15) is 0 Å². The lowest BCUT2D eigenvalue weighted by molar-refractivity contribution is 0.0691. The van der Waals surface area contributed by atoms with Crippen LogP contribution in [0, 0.1) is 5.82 Å². The second-order valence-corrected chi connectivity index (χ2v) is 8.37. The van der Waals surface area contributed by atoms with E-state index in [0.29, 0.717) is 29.2 Å². The number of fused-ring (bicyclic) bond motifs is 1. The minimum Gasteiger partial charge on any atom is -0.478 e. The highest BCUT2D eigenvalue weighted by atomic mass is 19.1. The largest absolute Gasteiger partial charge is 0.478 e. The van der Waals surface area contributed by atoms with Gasteiger partial charge in [0.2, 0.25) is 0 Å². The third kappa shape index (κ3) is 3.53. The monoisotopic (exact) mass is 456 g/mol. The third-order valence-corrected chi connectivity index (χ3v) is 5.92. The molecule has 3 heterocycles. The summed E-state index contributed by atoms with van der Waals surface area (Å²) in [6.07, 6.45) is 3.62. The normalized spacial score (nSPS) is 12.9. The van der Waals surface area contributed by atoms with Crippen LogP contribution in [0.25, 0.3) is 22.6 Å². The van der Waals surface area contributed by atoms with E-state index in [2.05, 4.69) is 18.8 Å². The van der Waals surface area contributed by atoms with Gasteiger partial charge in [0.1, 0.15) is 17.3 Å². The Kier molecular flexibility index (Phi) is 5.20. The van der Waals surface area contributed by atoms with E-state index in [-0.39, 0.29) is 17.5 Å². The number of benzene rings is 2. The number of halogens is 1. The third-order valence-electron chi connectivity index (χ3n) is 5.92. The van der Waals surface area contributed by atoms with Crippen molar-refractivity contribution in [3.05, 3.63) is 89.5 Å². The van der Waals surface area contributed by atoms with Crippen LogP contribution >= 0.6 is 0 Å². The first-order chi connectivity index (χ1) is 16.3. The van der Waals surface area contributed by atoms with Crippen molar-refractivity contribution in [3.8, 4) is 22.6 Å². The Hall–Kier alpha value is -4.33. The fourth-order valence-electron chi connectivity index (χ4n) is 4.20. The highest BCUT2D eigenvalue weighted by Crippen LogP contribution is 2.33. The van der Waals surface area contributed by atoms with E-state index in [1.165, 1.54) is 18.2 Å². The molecule has 0 unspecified atom stereocenters. The van der Waals surface area contributed by atoms with Crippen LogP contribution in [-0.4, -0.2) is 31.5 Å². The predicted molar refractivity (Wildman–Crippen MR) is 125 cm³/mol. The van der Waals surface area contributed by atoms with Gasteiger partial charge in [0.15, 0.2) is 5.82 Å². The smallest absolute Gasteiger partial charge is 0.338 e. The molecule has 5 rings (SSSR count). The van der Waals surface area contributed by atoms with E-state index < -0.39 is 17.3 Å². The first kappa shape index (κ1) is 21.5. The molecule has 0 saturated carbocycles. The number of hydrogen-bond donors (Lipinski definition) is 1. The molecule has 2 aromatic carbocycles. The van der Waals surface area contributed by atoms with Crippen molar-refractivity contribution in [1.29, 1.82) is 0 Å². The minimum absolute atomic E-state index is 0.134. The summed E-state index contributed by atoms with van der Waals surface area (Å²) in [5.74, 6) is -1.20. The molecule has 2 aromatic heterocycles. The second kappa shape index (κ2) is 8.22. The summed E-state index contributed by atoms with van der Waals surface area (Å²) in [7, 11) is 0. The van der Waals surface area contributed by atoms with Crippen molar-refractivity contribution in [2.45, 2.75) is 26.4 Å². The maximum absolute atomic E-state index is 14.8. The van der Waals surface area contributed by atoms with E-state index in [1.54, 1.807) is 35.4 Å². The minimum atomic E-state index is -1.34. The number of anilines is 1. The zero-order valence-corrected chi connectivity index (χ0v) is 18.6. The van der Waals surface area contributed by atoms with Gasteiger partial charge in [0.25, 0.3) is 5.91 Å². The number of pyridine rings is 1. The van der Waals surface area contributed by atoms with Crippen molar-refractivity contribution in [2.75, 3.05) is 4.90 Å². The molecule has 170 valence electrons. The van der Waals surface area contributed by atoms with Crippen LogP contribution < -0.4 is 4.90 Å². The Bertz CT molecular complexity index is 1440. The molecule has 0 saturated heterocycles. The average molecular weight is 456 g/mol. The van der Waals surface area contributed by atoms with E-state index in [0.717, 1.165) is 11.4 Å². The lowest BCUT2D eigenvalue weighted by atomic mass is 9.98. The Balaban J connectivity index is 1.49. The van der Waals surface area contributed by atoms with Gasteiger partial charge in [-0.1, -0.05) is 30.3 Å². The van der Waals surface area contributed by atoms with E-state index in [1.807, 2.05) is 22.9 Å². The highest BCUT2D eigenvalue weighted by Gasteiger charge is 2.30. The number of carbonyl (C=O) groups excluding carboxylic acids is 1. The summed E-state index contributed by atoms with van der Waals surface area (Å²) in [6, 6.07) is 14.9. The molecule has 0 radical (unpaired) electrons. The van der Waals surface area contributed by atoms with Crippen molar-refractivity contribution in [3.63, 3.8) is 0 Å². The fraction of sp³-hybridized carbons (Fsp3) is 0.154. The quantitative estimate of drug-likeness (QED) is 0.446.